The lowest BCUT2D eigenvalue weighted by molar-refractivity contribution is -0.118. The average molecular weight is 513 g/mol. The summed E-state index contributed by atoms with van der Waals surface area (Å²) in [6.45, 7) is 1.60. The number of nitrogens with zero attached hydrogens (tertiary/aromatic N) is 3. The number of halogens is 2. The van der Waals surface area contributed by atoms with Crippen LogP contribution in [-0.2, 0) is 4.79 Å². The number of thiazole rings is 1. The number of carbonyl (C=O) groups is 1. The Morgan fingerprint density at radius 1 is 1.17 bits per heavy atom. The molecular formula is C21H23BrClN3OS2. The van der Waals surface area contributed by atoms with Gasteiger partial charge in [0.05, 0.1) is 10.2 Å². The molecule has 0 N–H and O–H groups in total. The van der Waals surface area contributed by atoms with Crippen molar-refractivity contribution < 1.29 is 4.79 Å². The molecule has 0 fully saturated rings. The summed E-state index contributed by atoms with van der Waals surface area (Å²) in [4.78, 5) is 22.9. The van der Waals surface area contributed by atoms with E-state index < -0.39 is 0 Å². The van der Waals surface area contributed by atoms with Crippen LogP contribution in [0.25, 0.3) is 10.2 Å². The number of fused-ring (bicyclic) bond motifs is 1. The molecule has 0 aliphatic rings. The maximum atomic E-state index is 13.0. The van der Waals surface area contributed by atoms with Crippen molar-refractivity contribution in [2.45, 2.75) is 17.7 Å². The van der Waals surface area contributed by atoms with Crippen LogP contribution in [0.5, 0.6) is 0 Å². The lowest BCUT2D eigenvalue weighted by atomic mass is 10.3. The molecule has 3 aromatic rings. The van der Waals surface area contributed by atoms with E-state index in [1.165, 1.54) is 0 Å². The molecular weight excluding hydrogens is 490 g/mol. The summed E-state index contributed by atoms with van der Waals surface area (Å²) in [5.74, 6) is 0.838. The number of aromatic nitrogens is 1. The smallest absolute Gasteiger partial charge is 0.229 e. The zero-order valence-electron chi connectivity index (χ0n) is 16.4. The van der Waals surface area contributed by atoms with Crippen LogP contribution in [0.15, 0.2) is 51.8 Å². The molecule has 1 aromatic heterocycles. The zero-order valence-corrected chi connectivity index (χ0v) is 20.4. The fourth-order valence-electron chi connectivity index (χ4n) is 2.80. The summed E-state index contributed by atoms with van der Waals surface area (Å²) < 4.78 is 2.10. The van der Waals surface area contributed by atoms with Crippen molar-refractivity contribution in [2.24, 2.45) is 0 Å². The minimum atomic E-state index is 0.114. The maximum Gasteiger partial charge on any atom is 0.229 e. The van der Waals surface area contributed by atoms with Gasteiger partial charge in [-0.3, -0.25) is 9.69 Å². The number of carbonyl (C=O) groups excluding carboxylic acids is 1. The van der Waals surface area contributed by atoms with Crippen LogP contribution in [-0.4, -0.2) is 48.7 Å². The summed E-state index contributed by atoms with van der Waals surface area (Å²) in [7, 11) is 4.09. The molecule has 1 amide bonds. The standard InChI is InChI=1S/C21H23BrClN3OS2/c1-25(2)11-3-12-26(21-24-18-9-4-15(22)14-19(18)29-21)20(27)10-13-28-17-7-5-16(23)6-8-17/h4-9,14H,3,10-13H2,1-2H3. The normalized spacial score (nSPS) is 11.3. The molecule has 0 spiro atoms. The van der Waals surface area contributed by atoms with Crippen LogP contribution in [0.2, 0.25) is 5.02 Å². The second-order valence-corrected chi connectivity index (χ2v) is 10.4. The highest BCUT2D eigenvalue weighted by atomic mass is 79.9. The van der Waals surface area contributed by atoms with Crippen molar-refractivity contribution in [1.82, 2.24) is 9.88 Å². The van der Waals surface area contributed by atoms with E-state index in [4.69, 9.17) is 16.6 Å². The van der Waals surface area contributed by atoms with Gasteiger partial charge in [0.1, 0.15) is 0 Å². The minimum absolute atomic E-state index is 0.114. The van der Waals surface area contributed by atoms with Crippen LogP contribution in [0, 0.1) is 0 Å². The molecule has 0 atom stereocenters. The fourth-order valence-corrected chi connectivity index (χ4v) is 5.32. The molecule has 3 rings (SSSR count). The van der Waals surface area contributed by atoms with Crippen LogP contribution in [0.1, 0.15) is 12.8 Å². The first-order valence-electron chi connectivity index (χ1n) is 9.32. The molecule has 0 saturated carbocycles. The molecule has 0 unspecified atom stereocenters. The number of hydrogen-bond acceptors (Lipinski definition) is 5. The molecule has 2 aromatic carbocycles. The SMILES string of the molecule is CN(C)CCCN(C(=O)CCSc1ccc(Cl)cc1)c1nc2ccc(Br)cc2s1. The summed E-state index contributed by atoms with van der Waals surface area (Å²) >= 11 is 12.7. The van der Waals surface area contributed by atoms with E-state index in [0.29, 0.717) is 13.0 Å². The highest BCUT2D eigenvalue weighted by molar-refractivity contribution is 9.10. The first kappa shape index (κ1) is 22.6. The predicted molar refractivity (Wildman–Crippen MR) is 130 cm³/mol. The number of amides is 1. The fraction of sp³-hybridized carbons (Fsp3) is 0.333. The first-order valence-corrected chi connectivity index (χ1v) is 12.3. The predicted octanol–water partition coefficient (Wildman–Crippen LogP) is 6.18. The van der Waals surface area contributed by atoms with Crippen molar-refractivity contribution in [3.8, 4) is 0 Å². The Hall–Kier alpha value is -1.12. The van der Waals surface area contributed by atoms with E-state index in [1.54, 1.807) is 23.1 Å². The number of anilines is 1. The van der Waals surface area contributed by atoms with Gasteiger partial charge >= 0.3 is 0 Å². The molecule has 4 nitrogen and oxygen atoms in total. The Morgan fingerprint density at radius 2 is 1.93 bits per heavy atom. The van der Waals surface area contributed by atoms with E-state index in [-0.39, 0.29) is 5.91 Å². The molecule has 0 radical (unpaired) electrons. The monoisotopic (exact) mass is 511 g/mol. The van der Waals surface area contributed by atoms with E-state index in [9.17, 15) is 4.79 Å². The van der Waals surface area contributed by atoms with Crippen molar-refractivity contribution in [3.05, 3.63) is 52.0 Å². The number of hydrogen-bond donors (Lipinski definition) is 0. The number of rotatable bonds is 9. The third-order valence-electron chi connectivity index (χ3n) is 4.26. The van der Waals surface area contributed by atoms with E-state index in [1.807, 2.05) is 55.4 Å². The molecule has 0 saturated heterocycles. The number of thioether (sulfide) groups is 1. The Labute approximate surface area is 193 Å². The van der Waals surface area contributed by atoms with Gasteiger partial charge in [-0.1, -0.05) is 38.9 Å². The third kappa shape index (κ3) is 6.69. The molecule has 8 heteroatoms. The first-order chi connectivity index (χ1) is 13.9. The van der Waals surface area contributed by atoms with E-state index in [2.05, 4.69) is 26.9 Å². The van der Waals surface area contributed by atoms with Crippen LogP contribution >= 0.6 is 50.6 Å². The van der Waals surface area contributed by atoms with Gasteiger partial charge in [-0.15, -0.1) is 11.8 Å². The summed E-state index contributed by atoms with van der Waals surface area (Å²) in [6.07, 6.45) is 1.37. The molecule has 0 aliphatic heterocycles. The van der Waals surface area contributed by atoms with Crippen molar-refractivity contribution in [3.63, 3.8) is 0 Å². The molecule has 29 heavy (non-hydrogen) atoms. The van der Waals surface area contributed by atoms with Crippen LogP contribution < -0.4 is 4.90 Å². The van der Waals surface area contributed by atoms with Crippen molar-refractivity contribution in [1.29, 1.82) is 0 Å². The second kappa shape index (κ2) is 10.8. The van der Waals surface area contributed by atoms with E-state index in [0.717, 1.165) is 48.5 Å². The Balaban J connectivity index is 1.69. The van der Waals surface area contributed by atoms with Crippen LogP contribution in [0.3, 0.4) is 0 Å². The van der Waals surface area contributed by atoms with Gasteiger partial charge in [0.25, 0.3) is 0 Å². The van der Waals surface area contributed by atoms with Crippen molar-refractivity contribution in [2.75, 3.05) is 37.8 Å². The average Bonchev–Trinajstić information content (AvgIpc) is 3.09. The van der Waals surface area contributed by atoms with Gasteiger partial charge < -0.3 is 4.90 Å². The van der Waals surface area contributed by atoms with Gasteiger partial charge in [0.2, 0.25) is 5.91 Å². The van der Waals surface area contributed by atoms with Gasteiger partial charge in [-0.05, 0) is 69.5 Å². The van der Waals surface area contributed by atoms with Gasteiger partial charge in [-0.25, -0.2) is 4.98 Å². The second-order valence-electron chi connectivity index (χ2n) is 6.86. The molecule has 0 aliphatic carbocycles. The van der Waals surface area contributed by atoms with Crippen molar-refractivity contribution >= 4 is 71.9 Å². The summed E-state index contributed by atoms with van der Waals surface area (Å²) in [5.41, 5.74) is 0.925. The Bertz CT molecular complexity index is 962. The highest BCUT2D eigenvalue weighted by Gasteiger charge is 2.19. The molecule has 0 bridgehead atoms. The molecule has 154 valence electrons. The Morgan fingerprint density at radius 3 is 2.66 bits per heavy atom. The summed E-state index contributed by atoms with van der Waals surface area (Å²) in [5, 5.41) is 1.50. The van der Waals surface area contributed by atoms with Gasteiger partial charge in [0, 0.05) is 33.1 Å². The zero-order chi connectivity index (χ0) is 20.8. The number of benzene rings is 2. The third-order valence-corrected chi connectivity index (χ3v) is 7.06. The maximum absolute atomic E-state index is 13.0. The lowest BCUT2D eigenvalue weighted by Crippen LogP contribution is -2.33. The highest BCUT2D eigenvalue weighted by Crippen LogP contribution is 2.31. The van der Waals surface area contributed by atoms with Crippen LogP contribution in [0.4, 0.5) is 5.13 Å². The van der Waals surface area contributed by atoms with Gasteiger partial charge in [-0.2, -0.15) is 0 Å². The Kier molecular flexibility index (Phi) is 8.38. The van der Waals surface area contributed by atoms with Gasteiger partial charge in [0.15, 0.2) is 5.13 Å². The minimum Gasteiger partial charge on any atom is -0.309 e. The van der Waals surface area contributed by atoms with E-state index >= 15 is 0 Å². The largest absolute Gasteiger partial charge is 0.309 e. The quantitative estimate of drug-likeness (QED) is 0.321. The topological polar surface area (TPSA) is 36.4 Å². The molecule has 1 heterocycles. The lowest BCUT2D eigenvalue weighted by Gasteiger charge is -2.21. The summed E-state index contributed by atoms with van der Waals surface area (Å²) in [6, 6.07) is 13.7.